The number of ether oxygens (including phenoxy) is 3. The van der Waals surface area contributed by atoms with E-state index >= 15 is 0 Å². The number of methoxy groups -OCH3 is 1. The molecule has 132 valence electrons. The van der Waals surface area contributed by atoms with Crippen LogP contribution in [0.4, 0.5) is 4.79 Å². The molecule has 0 bridgehead atoms. The number of urea groups is 1. The molecule has 0 unspecified atom stereocenters. The van der Waals surface area contributed by atoms with Gasteiger partial charge in [-0.3, -0.25) is 10.1 Å². The molecule has 0 spiro atoms. The van der Waals surface area contributed by atoms with Gasteiger partial charge in [0.25, 0.3) is 5.91 Å². The first-order valence-corrected chi connectivity index (χ1v) is 7.53. The Labute approximate surface area is 144 Å². The lowest BCUT2D eigenvalue weighted by Crippen LogP contribution is -2.37. The Morgan fingerprint density at radius 3 is 2.58 bits per heavy atom. The number of benzene rings is 1. The maximum Gasteiger partial charge on any atom is 0.338 e. The highest BCUT2D eigenvalue weighted by Crippen LogP contribution is 2.36. The van der Waals surface area contributed by atoms with Gasteiger partial charge < -0.3 is 19.9 Å². The molecule has 0 saturated heterocycles. The molecule has 0 atom stereocenters. The molecule has 0 aliphatic carbocycles. The Bertz CT molecular complexity index is 620. The molecule has 0 heterocycles. The normalized spacial score (nSPS) is 9.96. The smallest absolute Gasteiger partial charge is 0.338 e. The number of hydrogen-bond donors (Lipinski definition) is 2. The molecule has 8 nitrogen and oxygen atoms in total. The number of nitrogens with two attached hydrogens (primary N) is 1. The summed E-state index contributed by atoms with van der Waals surface area (Å²) in [5, 5.41) is 1.95. The van der Waals surface area contributed by atoms with Crippen molar-refractivity contribution in [2.45, 2.75) is 19.8 Å². The number of nitrogens with one attached hydrogen (secondary N) is 1. The summed E-state index contributed by atoms with van der Waals surface area (Å²) < 4.78 is 15.5. The predicted octanol–water partition coefficient (Wildman–Crippen LogP) is 1.88. The summed E-state index contributed by atoms with van der Waals surface area (Å²) in [6.07, 6.45) is 1.80. The van der Waals surface area contributed by atoms with Gasteiger partial charge in [0.2, 0.25) is 0 Å². The summed E-state index contributed by atoms with van der Waals surface area (Å²) in [7, 11) is 1.41. The van der Waals surface area contributed by atoms with E-state index in [0.29, 0.717) is 12.4 Å². The maximum absolute atomic E-state index is 12.0. The summed E-state index contributed by atoms with van der Waals surface area (Å²) in [5.41, 5.74) is 4.85. The molecule has 1 rings (SSSR count). The van der Waals surface area contributed by atoms with Crippen LogP contribution in [0.3, 0.4) is 0 Å². The second-order valence-corrected chi connectivity index (χ2v) is 5.09. The van der Waals surface area contributed by atoms with Crippen LogP contribution in [0.15, 0.2) is 12.1 Å². The third kappa shape index (κ3) is 5.96. The topological polar surface area (TPSA) is 117 Å². The van der Waals surface area contributed by atoms with E-state index < -0.39 is 24.5 Å². The second-order valence-electron chi connectivity index (χ2n) is 4.68. The zero-order valence-electron chi connectivity index (χ0n) is 13.4. The van der Waals surface area contributed by atoms with Gasteiger partial charge in [-0.15, -0.1) is 0 Å². The van der Waals surface area contributed by atoms with E-state index in [1.807, 2.05) is 6.92 Å². The number of amides is 3. The summed E-state index contributed by atoms with van der Waals surface area (Å²) in [6.45, 7) is 1.83. The van der Waals surface area contributed by atoms with E-state index in [1.54, 1.807) is 5.32 Å². The largest absolute Gasteiger partial charge is 0.493 e. The number of rotatable bonds is 8. The Kier molecular flexibility index (Phi) is 7.84. The first-order chi connectivity index (χ1) is 11.4. The van der Waals surface area contributed by atoms with Crippen molar-refractivity contribution in [3.8, 4) is 11.5 Å². The van der Waals surface area contributed by atoms with Gasteiger partial charge in [-0.1, -0.05) is 24.9 Å². The van der Waals surface area contributed by atoms with Gasteiger partial charge in [-0.05, 0) is 18.6 Å². The Morgan fingerprint density at radius 2 is 2.00 bits per heavy atom. The highest BCUT2D eigenvalue weighted by molar-refractivity contribution is 6.32. The van der Waals surface area contributed by atoms with Gasteiger partial charge in [0.15, 0.2) is 18.1 Å². The predicted molar refractivity (Wildman–Crippen MR) is 86.4 cm³/mol. The molecular weight excluding hydrogens is 340 g/mol. The van der Waals surface area contributed by atoms with E-state index in [4.69, 9.17) is 31.5 Å². The molecule has 0 aliphatic rings. The molecule has 0 fully saturated rings. The number of halogens is 1. The third-order valence-electron chi connectivity index (χ3n) is 2.81. The highest BCUT2D eigenvalue weighted by atomic mass is 35.5. The van der Waals surface area contributed by atoms with Crippen molar-refractivity contribution in [2.24, 2.45) is 5.73 Å². The van der Waals surface area contributed by atoms with Crippen molar-refractivity contribution < 1.29 is 28.6 Å². The lowest BCUT2D eigenvalue weighted by atomic mass is 10.2. The van der Waals surface area contributed by atoms with Crippen LogP contribution in [-0.2, 0) is 9.53 Å². The number of esters is 1. The van der Waals surface area contributed by atoms with Crippen molar-refractivity contribution in [2.75, 3.05) is 20.3 Å². The first kappa shape index (κ1) is 19.6. The Hall–Kier alpha value is -2.48. The van der Waals surface area contributed by atoms with Crippen LogP contribution in [0.25, 0.3) is 0 Å². The van der Waals surface area contributed by atoms with Crippen LogP contribution in [0, 0.1) is 0 Å². The highest BCUT2D eigenvalue weighted by Gasteiger charge is 2.18. The molecule has 0 aliphatic heterocycles. The van der Waals surface area contributed by atoms with Crippen molar-refractivity contribution in [1.82, 2.24) is 5.32 Å². The molecule has 0 radical (unpaired) electrons. The van der Waals surface area contributed by atoms with Crippen molar-refractivity contribution >= 4 is 29.5 Å². The summed E-state index contributed by atoms with van der Waals surface area (Å²) in [6, 6.07) is 1.70. The fraction of sp³-hybridized carbons (Fsp3) is 0.400. The van der Waals surface area contributed by atoms with Gasteiger partial charge in [0, 0.05) is 0 Å². The number of imide groups is 1. The third-order valence-corrected chi connectivity index (χ3v) is 3.09. The SMILES string of the molecule is CCCCOc1c(Cl)cc(C(=O)OCC(=O)NC(N)=O)cc1OC. The number of hydrogen-bond acceptors (Lipinski definition) is 6. The molecule has 1 aromatic rings. The van der Waals surface area contributed by atoms with Crippen molar-refractivity contribution in [1.29, 1.82) is 0 Å². The molecule has 0 saturated carbocycles. The van der Waals surface area contributed by atoms with Crippen molar-refractivity contribution in [3.05, 3.63) is 22.7 Å². The minimum absolute atomic E-state index is 0.0755. The molecule has 24 heavy (non-hydrogen) atoms. The number of unbranched alkanes of at least 4 members (excludes halogenated alkanes) is 1. The minimum Gasteiger partial charge on any atom is -0.493 e. The molecule has 3 amide bonds. The van der Waals surface area contributed by atoms with E-state index in [0.717, 1.165) is 12.8 Å². The summed E-state index contributed by atoms with van der Waals surface area (Å²) in [5.74, 6) is -1.05. The molecular formula is C15H19ClN2O6. The van der Waals surface area contributed by atoms with Gasteiger partial charge in [0.1, 0.15) is 0 Å². The summed E-state index contributed by atoms with van der Waals surface area (Å²) >= 11 is 6.11. The quantitative estimate of drug-likeness (QED) is 0.541. The first-order valence-electron chi connectivity index (χ1n) is 7.15. The van der Waals surface area contributed by atoms with Crippen molar-refractivity contribution in [3.63, 3.8) is 0 Å². The molecule has 0 aromatic heterocycles. The minimum atomic E-state index is -1.03. The number of carbonyl (C=O) groups is 3. The van der Waals surface area contributed by atoms with Gasteiger partial charge in [-0.25, -0.2) is 9.59 Å². The van der Waals surface area contributed by atoms with E-state index in [2.05, 4.69) is 0 Å². The maximum atomic E-state index is 12.0. The van der Waals surface area contributed by atoms with Crippen LogP contribution in [0.1, 0.15) is 30.1 Å². The van der Waals surface area contributed by atoms with Gasteiger partial charge >= 0.3 is 12.0 Å². The lowest BCUT2D eigenvalue weighted by molar-refractivity contribution is -0.123. The Morgan fingerprint density at radius 1 is 1.29 bits per heavy atom. The monoisotopic (exact) mass is 358 g/mol. The van der Waals surface area contributed by atoms with Gasteiger partial charge in [0.05, 0.1) is 24.3 Å². The van der Waals surface area contributed by atoms with Crippen LogP contribution >= 0.6 is 11.6 Å². The zero-order chi connectivity index (χ0) is 18.1. The number of carbonyl (C=O) groups excluding carboxylic acids is 3. The average molecular weight is 359 g/mol. The molecule has 1 aromatic carbocycles. The van der Waals surface area contributed by atoms with E-state index in [-0.39, 0.29) is 16.3 Å². The van der Waals surface area contributed by atoms with Crippen LogP contribution in [0.2, 0.25) is 5.02 Å². The zero-order valence-corrected chi connectivity index (χ0v) is 14.1. The number of primary amides is 1. The average Bonchev–Trinajstić information content (AvgIpc) is 2.53. The van der Waals surface area contributed by atoms with E-state index in [9.17, 15) is 14.4 Å². The van der Waals surface area contributed by atoms with Crippen LogP contribution < -0.4 is 20.5 Å². The summed E-state index contributed by atoms with van der Waals surface area (Å²) in [4.78, 5) is 33.7. The fourth-order valence-electron chi connectivity index (χ4n) is 1.68. The Balaban J connectivity index is 2.81. The fourth-order valence-corrected chi connectivity index (χ4v) is 1.95. The molecule has 9 heteroatoms. The van der Waals surface area contributed by atoms with Gasteiger partial charge in [-0.2, -0.15) is 0 Å². The van der Waals surface area contributed by atoms with Crippen LogP contribution in [0.5, 0.6) is 11.5 Å². The van der Waals surface area contributed by atoms with E-state index in [1.165, 1.54) is 19.2 Å². The lowest BCUT2D eigenvalue weighted by Gasteiger charge is -2.13. The van der Waals surface area contributed by atoms with Crippen LogP contribution in [-0.4, -0.2) is 38.2 Å². The standard InChI is InChI=1S/C15H19ClN2O6/c1-3-4-5-23-13-10(16)6-9(7-11(13)22-2)14(20)24-8-12(19)18-15(17)21/h6-7H,3-5,8H2,1-2H3,(H3,17,18,19,21). The molecule has 3 N–H and O–H groups in total. The second kappa shape index (κ2) is 9.61.